The highest BCUT2D eigenvalue weighted by atomic mass is 16.2. The number of primary amides is 1. The van der Waals surface area contributed by atoms with Crippen LogP contribution in [0.5, 0.6) is 0 Å². The number of nitrogens with zero attached hydrogens (tertiary/aromatic N) is 1. The lowest BCUT2D eigenvalue weighted by atomic mass is 10.0. The third-order valence-corrected chi connectivity index (χ3v) is 2.85. The molecule has 0 saturated carbocycles. The number of fused-ring (bicyclic) bond motifs is 1. The normalized spacial score (nSPS) is 14.4. The Kier molecular flexibility index (Phi) is 2.42. The van der Waals surface area contributed by atoms with E-state index in [0.717, 1.165) is 5.56 Å². The van der Waals surface area contributed by atoms with Crippen LogP contribution in [0, 0.1) is 0 Å². The molecule has 4 heteroatoms. The Hall–Kier alpha value is -1.84. The third kappa shape index (κ3) is 1.46. The molecule has 84 valence electrons. The maximum absolute atomic E-state index is 12.1. The molecule has 1 aliphatic heterocycles. The topological polar surface area (TPSA) is 63.4 Å². The standard InChI is InChI=1S/C12H14N2O2/c1-7(2)14-6-8-4-3-5-9(11(13)15)10(8)12(14)16/h3-5,7H,6H2,1-2H3,(H2,13,15). The lowest BCUT2D eigenvalue weighted by Crippen LogP contribution is -2.31. The molecule has 16 heavy (non-hydrogen) atoms. The van der Waals surface area contributed by atoms with Crippen molar-refractivity contribution in [2.45, 2.75) is 26.4 Å². The van der Waals surface area contributed by atoms with Crippen LogP contribution in [0.2, 0.25) is 0 Å². The van der Waals surface area contributed by atoms with E-state index in [0.29, 0.717) is 17.7 Å². The molecule has 0 bridgehead atoms. The third-order valence-electron chi connectivity index (χ3n) is 2.85. The van der Waals surface area contributed by atoms with Gasteiger partial charge in [0.05, 0.1) is 11.1 Å². The lowest BCUT2D eigenvalue weighted by molar-refractivity contribution is 0.0727. The Morgan fingerprint density at radius 2 is 2.12 bits per heavy atom. The number of carbonyl (C=O) groups is 2. The molecule has 0 aromatic heterocycles. The average Bonchev–Trinajstić information content (AvgIpc) is 2.56. The SMILES string of the molecule is CC(C)N1Cc2cccc(C(N)=O)c2C1=O. The second-order valence-corrected chi connectivity index (χ2v) is 4.23. The summed E-state index contributed by atoms with van der Waals surface area (Å²) in [6.07, 6.45) is 0. The van der Waals surface area contributed by atoms with Crippen molar-refractivity contribution in [3.05, 3.63) is 34.9 Å². The van der Waals surface area contributed by atoms with Gasteiger partial charge in [-0.1, -0.05) is 12.1 Å². The minimum absolute atomic E-state index is 0.0978. The summed E-state index contributed by atoms with van der Waals surface area (Å²) in [6.45, 7) is 4.47. The van der Waals surface area contributed by atoms with Crippen LogP contribution in [0.3, 0.4) is 0 Å². The van der Waals surface area contributed by atoms with Crippen LogP contribution in [0.4, 0.5) is 0 Å². The maximum Gasteiger partial charge on any atom is 0.255 e. The van der Waals surface area contributed by atoms with E-state index in [9.17, 15) is 9.59 Å². The van der Waals surface area contributed by atoms with Crippen LogP contribution >= 0.6 is 0 Å². The molecule has 2 amide bonds. The van der Waals surface area contributed by atoms with E-state index in [1.54, 1.807) is 17.0 Å². The zero-order valence-electron chi connectivity index (χ0n) is 9.36. The largest absolute Gasteiger partial charge is 0.366 e. The minimum Gasteiger partial charge on any atom is -0.366 e. The molecule has 2 N–H and O–H groups in total. The van der Waals surface area contributed by atoms with E-state index in [4.69, 9.17) is 5.73 Å². The van der Waals surface area contributed by atoms with Gasteiger partial charge in [-0.25, -0.2) is 0 Å². The molecule has 0 fully saturated rings. The fourth-order valence-corrected chi connectivity index (χ4v) is 2.01. The first-order valence-corrected chi connectivity index (χ1v) is 5.25. The van der Waals surface area contributed by atoms with E-state index in [1.165, 1.54) is 0 Å². The zero-order valence-corrected chi connectivity index (χ0v) is 9.36. The highest BCUT2D eigenvalue weighted by Crippen LogP contribution is 2.27. The zero-order chi connectivity index (χ0) is 11.9. The van der Waals surface area contributed by atoms with Gasteiger partial charge < -0.3 is 10.6 Å². The number of hydrogen-bond donors (Lipinski definition) is 1. The van der Waals surface area contributed by atoms with E-state index in [-0.39, 0.29) is 11.9 Å². The van der Waals surface area contributed by atoms with Crippen LogP contribution in [0.25, 0.3) is 0 Å². The molecule has 1 aromatic rings. The Balaban J connectivity index is 2.52. The molecule has 0 saturated heterocycles. The molecule has 0 spiro atoms. The van der Waals surface area contributed by atoms with E-state index < -0.39 is 5.91 Å². The minimum atomic E-state index is -0.546. The second kappa shape index (κ2) is 3.63. The molecular weight excluding hydrogens is 204 g/mol. The highest BCUT2D eigenvalue weighted by Gasteiger charge is 2.32. The Morgan fingerprint density at radius 1 is 1.44 bits per heavy atom. The highest BCUT2D eigenvalue weighted by molar-refractivity contribution is 6.09. The van der Waals surface area contributed by atoms with Crippen LogP contribution in [-0.2, 0) is 6.54 Å². The van der Waals surface area contributed by atoms with Crippen molar-refractivity contribution in [1.29, 1.82) is 0 Å². The van der Waals surface area contributed by atoms with Crippen molar-refractivity contribution in [2.75, 3.05) is 0 Å². The second-order valence-electron chi connectivity index (χ2n) is 4.23. The van der Waals surface area contributed by atoms with Crippen molar-refractivity contribution in [2.24, 2.45) is 5.73 Å². The summed E-state index contributed by atoms with van der Waals surface area (Å²) in [6, 6.07) is 5.35. The Bertz CT molecular complexity index is 466. The number of hydrogen-bond acceptors (Lipinski definition) is 2. The number of benzene rings is 1. The molecule has 0 atom stereocenters. The maximum atomic E-state index is 12.1. The van der Waals surface area contributed by atoms with Gasteiger partial charge in [0, 0.05) is 12.6 Å². The van der Waals surface area contributed by atoms with Crippen LogP contribution in [0.1, 0.15) is 40.1 Å². The summed E-state index contributed by atoms with van der Waals surface area (Å²) < 4.78 is 0. The van der Waals surface area contributed by atoms with Crippen molar-refractivity contribution >= 4 is 11.8 Å². The van der Waals surface area contributed by atoms with Gasteiger partial charge in [-0.3, -0.25) is 9.59 Å². The first-order valence-electron chi connectivity index (χ1n) is 5.25. The average molecular weight is 218 g/mol. The monoisotopic (exact) mass is 218 g/mol. The molecular formula is C12H14N2O2. The predicted octanol–water partition coefficient (Wildman–Crippen LogP) is 1.15. The van der Waals surface area contributed by atoms with Gasteiger partial charge in [-0.2, -0.15) is 0 Å². The number of carbonyl (C=O) groups excluding carboxylic acids is 2. The van der Waals surface area contributed by atoms with Crippen LogP contribution < -0.4 is 5.73 Å². The number of rotatable bonds is 2. The first kappa shape index (κ1) is 10.7. The summed E-state index contributed by atoms with van der Waals surface area (Å²) in [4.78, 5) is 25.0. The smallest absolute Gasteiger partial charge is 0.255 e. The van der Waals surface area contributed by atoms with Crippen molar-refractivity contribution < 1.29 is 9.59 Å². The fourth-order valence-electron chi connectivity index (χ4n) is 2.01. The van der Waals surface area contributed by atoms with Crippen LogP contribution in [-0.4, -0.2) is 22.8 Å². The summed E-state index contributed by atoms with van der Waals surface area (Å²) >= 11 is 0. The molecule has 0 unspecified atom stereocenters. The molecule has 4 nitrogen and oxygen atoms in total. The summed E-state index contributed by atoms with van der Waals surface area (Å²) in [5.74, 6) is -0.643. The number of nitrogens with two attached hydrogens (primary N) is 1. The molecule has 1 aromatic carbocycles. The Morgan fingerprint density at radius 3 is 2.69 bits per heavy atom. The Labute approximate surface area is 94.0 Å². The van der Waals surface area contributed by atoms with Gasteiger partial charge in [0.2, 0.25) is 5.91 Å². The first-order chi connectivity index (χ1) is 7.52. The summed E-state index contributed by atoms with van der Waals surface area (Å²) in [5.41, 5.74) is 6.95. The van der Waals surface area contributed by atoms with Crippen molar-refractivity contribution in [1.82, 2.24) is 4.90 Å². The molecule has 2 rings (SSSR count). The van der Waals surface area contributed by atoms with Crippen molar-refractivity contribution in [3.63, 3.8) is 0 Å². The van der Waals surface area contributed by atoms with Crippen molar-refractivity contribution in [3.8, 4) is 0 Å². The lowest BCUT2D eigenvalue weighted by Gasteiger charge is -2.19. The molecule has 1 heterocycles. The molecule has 0 radical (unpaired) electrons. The van der Waals surface area contributed by atoms with Gasteiger partial charge in [0.15, 0.2) is 0 Å². The predicted molar refractivity (Wildman–Crippen MR) is 60.0 cm³/mol. The van der Waals surface area contributed by atoms with Crippen LogP contribution in [0.15, 0.2) is 18.2 Å². The van der Waals surface area contributed by atoms with Gasteiger partial charge in [0.1, 0.15) is 0 Å². The van der Waals surface area contributed by atoms with E-state index >= 15 is 0 Å². The number of amides is 2. The van der Waals surface area contributed by atoms with Gasteiger partial charge >= 0.3 is 0 Å². The van der Waals surface area contributed by atoms with Gasteiger partial charge in [0.25, 0.3) is 5.91 Å². The summed E-state index contributed by atoms with van der Waals surface area (Å²) in [7, 11) is 0. The van der Waals surface area contributed by atoms with E-state index in [1.807, 2.05) is 19.9 Å². The van der Waals surface area contributed by atoms with Gasteiger partial charge in [-0.15, -0.1) is 0 Å². The van der Waals surface area contributed by atoms with E-state index in [2.05, 4.69) is 0 Å². The molecule has 1 aliphatic rings. The van der Waals surface area contributed by atoms with Gasteiger partial charge in [-0.05, 0) is 25.5 Å². The fraction of sp³-hybridized carbons (Fsp3) is 0.333. The molecule has 0 aliphatic carbocycles. The summed E-state index contributed by atoms with van der Waals surface area (Å²) in [5, 5.41) is 0. The quantitative estimate of drug-likeness (QED) is 0.809.